The van der Waals surface area contributed by atoms with Gasteiger partial charge in [0.05, 0.1) is 23.2 Å². The average Bonchev–Trinajstić information content (AvgIpc) is 3.70. The molecular formula is C33H32N2O3. The van der Waals surface area contributed by atoms with Crippen molar-refractivity contribution in [1.82, 2.24) is 9.97 Å². The average molecular weight is 505 g/mol. The number of ether oxygens (including phenoxy) is 2. The third-order valence-electron chi connectivity index (χ3n) is 7.16. The number of carbonyl (C=O) groups excluding carboxylic acids is 1. The van der Waals surface area contributed by atoms with Gasteiger partial charge in [-0.3, -0.25) is 9.78 Å². The first-order valence-corrected chi connectivity index (χ1v) is 13.4. The van der Waals surface area contributed by atoms with Crippen LogP contribution >= 0.6 is 0 Å². The van der Waals surface area contributed by atoms with E-state index in [9.17, 15) is 4.79 Å². The molecule has 0 bridgehead atoms. The summed E-state index contributed by atoms with van der Waals surface area (Å²) in [7, 11) is 0. The van der Waals surface area contributed by atoms with E-state index in [4.69, 9.17) is 19.4 Å². The highest BCUT2D eigenvalue weighted by Crippen LogP contribution is 2.45. The van der Waals surface area contributed by atoms with Crippen LogP contribution < -0.4 is 4.74 Å². The number of hydrogen-bond acceptors (Lipinski definition) is 5. The Kier molecular flexibility index (Phi) is 5.96. The number of aryl methyl sites for hydroxylation is 1. The first-order valence-electron chi connectivity index (χ1n) is 13.4. The number of pyridine rings is 2. The summed E-state index contributed by atoms with van der Waals surface area (Å²) in [6, 6.07) is 12.3. The van der Waals surface area contributed by atoms with Crippen LogP contribution in [0.1, 0.15) is 69.0 Å². The first kappa shape index (κ1) is 24.6. The van der Waals surface area contributed by atoms with Crippen LogP contribution in [0.3, 0.4) is 0 Å². The van der Waals surface area contributed by atoms with Crippen molar-refractivity contribution in [2.24, 2.45) is 5.92 Å². The molecule has 5 heteroatoms. The van der Waals surface area contributed by atoms with Crippen LogP contribution in [0.5, 0.6) is 5.75 Å². The van der Waals surface area contributed by atoms with Crippen molar-refractivity contribution in [2.45, 2.75) is 65.6 Å². The van der Waals surface area contributed by atoms with Gasteiger partial charge in [0, 0.05) is 34.9 Å². The molecule has 1 aliphatic carbocycles. The number of benzene rings is 2. The van der Waals surface area contributed by atoms with Crippen molar-refractivity contribution in [3.63, 3.8) is 0 Å². The number of nitrogens with zero attached hydrogens (tertiary/aromatic N) is 2. The van der Waals surface area contributed by atoms with Crippen LogP contribution in [0.15, 0.2) is 42.6 Å². The van der Waals surface area contributed by atoms with Crippen molar-refractivity contribution < 1.29 is 14.3 Å². The highest BCUT2D eigenvalue weighted by atomic mass is 16.5. The largest absolute Gasteiger partial charge is 0.493 e. The Morgan fingerprint density at radius 1 is 1.16 bits per heavy atom. The molecule has 0 unspecified atom stereocenters. The molecular weight excluding hydrogens is 472 g/mol. The Bertz CT molecular complexity index is 1660. The normalized spacial score (nSPS) is 15.6. The van der Waals surface area contributed by atoms with Crippen molar-refractivity contribution >= 4 is 27.6 Å². The summed E-state index contributed by atoms with van der Waals surface area (Å²) in [5, 5.41) is 1.98. The predicted molar refractivity (Wildman–Crippen MR) is 150 cm³/mol. The lowest BCUT2D eigenvalue weighted by atomic mass is 9.85. The van der Waals surface area contributed by atoms with Gasteiger partial charge in [-0.15, -0.1) is 0 Å². The Balaban J connectivity index is 1.67. The van der Waals surface area contributed by atoms with E-state index in [0.29, 0.717) is 12.5 Å². The smallest absolute Gasteiger partial charge is 0.163 e. The van der Waals surface area contributed by atoms with Gasteiger partial charge in [0.1, 0.15) is 17.5 Å². The third kappa shape index (κ3) is 4.54. The quantitative estimate of drug-likeness (QED) is 0.283. The van der Waals surface area contributed by atoms with Crippen LogP contribution in [0.2, 0.25) is 0 Å². The summed E-state index contributed by atoms with van der Waals surface area (Å²) in [5.74, 6) is 7.89. The summed E-state index contributed by atoms with van der Waals surface area (Å²) in [6.45, 7) is 10.2. The van der Waals surface area contributed by atoms with Crippen LogP contribution in [0.4, 0.5) is 0 Å². The zero-order valence-electron chi connectivity index (χ0n) is 22.6. The van der Waals surface area contributed by atoms with E-state index in [2.05, 4.69) is 36.1 Å². The molecule has 192 valence electrons. The second kappa shape index (κ2) is 9.22. The molecule has 1 aliphatic heterocycles. The van der Waals surface area contributed by atoms with Crippen molar-refractivity contribution in [1.29, 1.82) is 0 Å². The van der Waals surface area contributed by atoms with Gasteiger partial charge in [-0.25, -0.2) is 4.98 Å². The lowest BCUT2D eigenvalue weighted by Crippen LogP contribution is -2.27. The van der Waals surface area contributed by atoms with E-state index in [1.807, 2.05) is 46.0 Å². The van der Waals surface area contributed by atoms with Gasteiger partial charge >= 0.3 is 0 Å². The second-order valence-electron chi connectivity index (χ2n) is 11.4. The minimum atomic E-state index is -0.731. The molecule has 1 fully saturated rings. The second-order valence-corrected chi connectivity index (χ2v) is 11.4. The highest BCUT2D eigenvalue weighted by Gasteiger charge is 2.31. The summed E-state index contributed by atoms with van der Waals surface area (Å²) in [4.78, 5) is 22.9. The first-order chi connectivity index (χ1) is 18.2. The number of Topliss-reactive ketones (excluding diaryl/α,β-unsaturated/α-hetero) is 1. The van der Waals surface area contributed by atoms with E-state index < -0.39 is 11.7 Å². The lowest BCUT2D eigenvalue weighted by molar-refractivity contribution is -0.138. The molecule has 0 radical (unpaired) electrons. The SMILES string of the molecule is CC(=O)[C@@H](OC(C)(C)C)c1c(C)cc2nc(C#CC3CC3)ccc2c1-c1ccc2c3c(ccnc13)CCO2. The summed E-state index contributed by atoms with van der Waals surface area (Å²) in [6.07, 6.45) is 4.33. The molecule has 0 N–H and O–H groups in total. The molecule has 0 amide bonds. The molecule has 0 saturated heterocycles. The Morgan fingerprint density at radius 2 is 1.97 bits per heavy atom. The summed E-state index contributed by atoms with van der Waals surface area (Å²) >= 11 is 0. The molecule has 2 aliphatic rings. The van der Waals surface area contributed by atoms with Crippen molar-refractivity contribution in [3.8, 4) is 28.7 Å². The molecule has 1 saturated carbocycles. The van der Waals surface area contributed by atoms with Crippen molar-refractivity contribution in [3.05, 3.63) is 65.0 Å². The Hall–Kier alpha value is -3.75. The fraction of sp³-hybridized carbons (Fsp3) is 0.364. The molecule has 38 heavy (non-hydrogen) atoms. The number of ketones is 1. The topological polar surface area (TPSA) is 61.3 Å². The monoisotopic (exact) mass is 504 g/mol. The molecule has 0 spiro atoms. The molecule has 2 aromatic carbocycles. The fourth-order valence-electron chi connectivity index (χ4n) is 5.32. The van der Waals surface area contributed by atoms with Gasteiger partial charge in [-0.2, -0.15) is 0 Å². The molecule has 4 aromatic rings. The van der Waals surface area contributed by atoms with Gasteiger partial charge in [0.2, 0.25) is 0 Å². The number of carbonyl (C=O) groups is 1. The van der Waals surface area contributed by atoms with Crippen molar-refractivity contribution in [2.75, 3.05) is 6.61 Å². The minimum Gasteiger partial charge on any atom is -0.493 e. The molecule has 5 nitrogen and oxygen atoms in total. The Morgan fingerprint density at radius 3 is 2.71 bits per heavy atom. The van der Waals surface area contributed by atoms with Crippen LogP contribution in [-0.4, -0.2) is 28.0 Å². The summed E-state index contributed by atoms with van der Waals surface area (Å²) in [5.41, 5.74) is 6.87. The maximum absolute atomic E-state index is 13.1. The maximum Gasteiger partial charge on any atom is 0.163 e. The lowest BCUT2D eigenvalue weighted by Gasteiger charge is -2.30. The van der Waals surface area contributed by atoms with E-state index in [1.54, 1.807) is 6.92 Å². The van der Waals surface area contributed by atoms with Gasteiger partial charge in [-0.05, 0) is 112 Å². The standard InChI is InChI=1S/C33H32N2O3/c1-19-18-26-24(11-10-23(35-26)9-8-21-6-7-21)30(28(19)32(20(2)36)38-33(3,4)5)25-12-13-27-29-22(15-17-37-27)14-16-34-31(25)29/h10-14,16,18,21,32H,6-7,15,17H2,1-5H3/t32-/m1/s1. The fourth-order valence-corrected chi connectivity index (χ4v) is 5.32. The number of aromatic nitrogens is 2. The Labute approximate surface area is 223 Å². The van der Waals surface area contributed by atoms with E-state index in [-0.39, 0.29) is 5.78 Å². The number of rotatable bonds is 4. The van der Waals surface area contributed by atoms with Crippen LogP contribution in [-0.2, 0) is 16.0 Å². The van der Waals surface area contributed by atoms with Crippen LogP contribution in [0.25, 0.3) is 32.9 Å². The van der Waals surface area contributed by atoms with E-state index >= 15 is 0 Å². The number of hydrogen-bond donors (Lipinski definition) is 0. The van der Waals surface area contributed by atoms with Crippen LogP contribution in [0, 0.1) is 24.7 Å². The maximum atomic E-state index is 13.1. The molecule has 3 heterocycles. The van der Waals surface area contributed by atoms with Gasteiger partial charge in [0.15, 0.2) is 5.78 Å². The van der Waals surface area contributed by atoms with Gasteiger partial charge in [0.25, 0.3) is 0 Å². The van der Waals surface area contributed by atoms with E-state index in [0.717, 1.165) is 61.9 Å². The molecule has 2 aromatic heterocycles. The molecule has 6 rings (SSSR count). The predicted octanol–water partition coefficient (Wildman–Crippen LogP) is 6.90. The zero-order chi connectivity index (χ0) is 26.6. The molecule has 1 atom stereocenters. The third-order valence-corrected chi connectivity index (χ3v) is 7.16. The number of fused-ring (bicyclic) bond motifs is 1. The van der Waals surface area contributed by atoms with E-state index in [1.165, 1.54) is 18.4 Å². The van der Waals surface area contributed by atoms with Gasteiger partial charge in [-0.1, -0.05) is 5.92 Å². The minimum absolute atomic E-state index is 0.0393. The van der Waals surface area contributed by atoms with Gasteiger partial charge < -0.3 is 9.47 Å². The summed E-state index contributed by atoms with van der Waals surface area (Å²) < 4.78 is 12.4. The highest BCUT2D eigenvalue weighted by molar-refractivity contribution is 6.08. The zero-order valence-corrected chi connectivity index (χ0v) is 22.6.